The molecule has 1 aromatic rings. The molecule has 1 aromatic carbocycles. The molecule has 0 unspecified atom stereocenters. The van der Waals surface area contributed by atoms with Crippen LogP contribution in [0.2, 0.25) is 0 Å². The first-order chi connectivity index (χ1) is 10.3. The third kappa shape index (κ3) is 3.06. The summed E-state index contributed by atoms with van der Waals surface area (Å²) in [4.78, 5) is 10.8. The van der Waals surface area contributed by atoms with Crippen molar-refractivity contribution >= 4 is 16.0 Å². The first kappa shape index (κ1) is 16.7. The standard InChI is InChI=1S/C13H16FNO6S/c1-20-9-3-2-4-10(11(9)14)22(18,19)15-13(12(16)17)5-7-21-8-6-13/h2-4,15H,5-8H2,1H3,(H,16,17). The van der Waals surface area contributed by atoms with E-state index in [1.165, 1.54) is 19.2 Å². The number of carboxylic acids is 1. The molecule has 9 heteroatoms. The highest BCUT2D eigenvalue weighted by Gasteiger charge is 2.44. The fraction of sp³-hybridized carbons (Fsp3) is 0.462. The predicted molar refractivity (Wildman–Crippen MR) is 73.7 cm³/mol. The van der Waals surface area contributed by atoms with Gasteiger partial charge in [0.1, 0.15) is 10.4 Å². The third-order valence-electron chi connectivity index (χ3n) is 3.52. The fourth-order valence-electron chi connectivity index (χ4n) is 2.25. The molecule has 0 radical (unpaired) electrons. The lowest BCUT2D eigenvalue weighted by Crippen LogP contribution is -2.57. The predicted octanol–water partition coefficient (Wildman–Crippen LogP) is 0.746. The largest absolute Gasteiger partial charge is 0.494 e. The molecule has 0 atom stereocenters. The number of rotatable bonds is 5. The van der Waals surface area contributed by atoms with E-state index in [4.69, 9.17) is 9.47 Å². The second-order valence-corrected chi connectivity index (χ2v) is 6.53. The van der Waals surface area contributed by atoms with Gasteiger partial charge in [0.25, 0.3) is 0 Å². The van der Waals surface area contributed by atoms with Gasteiger partial charge in [-0.15, -0.1) is 0 Å². The number of hydrogen-bond donors (Lipinski definition) is 2. The van der Waals surface area contributed by atoms with Crippen LogP contribution in [-0.4, -0.2) is 45.4 Å². The Kier molecular flexibility index (Phi) is 4.69. The zero-order chi connectivity index (χ0) is 16.4. The highest BCUT2D eigenvalue weighted by Crippen LogP contribution is 2.28. The van der Waals surface area contributed by atoms with E-state index in [2.05, 4.69) is 4.72 Å². The van der Waals surface area contributed by atoms with Gasteiger partial charge in [0.15, 0.2) is 11.6 Å². The first-order valence-electron chi connectivity index (χ1n) is 6.50. The van der Waals surface area contributed by atoms with Crippen LogP contribution < -0.4 is 9.46 Å². The van der Waals surface area contributed by atoms with Crippen molar-refractivity contribution in [3.05, 3.63) is 24.0 Å². The van der Waals surface area contributed by atoms with Gasteiger partial charge in [-0.05, 0) is 12.1 Å². The van der Waals surface area contributed by atoms with E-state index in [1.54, 1.807) is 0 Å². The monoisotopic (exact) mass is 333 g/mol. The van der Waals surface area contributed by atoms with Gasteiger partial charge >= 0.3 is 5.97 Å². The van der Waals surface area contributed by atoms with E-state index in [0.29, 0.717) is 0 Å². The Bertz CT molecular complexity index is 669. The third-order valence-corrected chi connectivity index (χ3v) is 5.08. The van der Waals surface area contributed by atoms with Crippen LogP contribution in [0.25, 0.3) is 0 Å². The second kappa shape index (κ2) is 6.19. The Labute approximate surface area is 127 Å². The summed E-state index contributed by atoms with van der Waals surface area (Å²) in [7, 11) is -3.16. The molecular weight excluding hydrogens is 317 g/mol. The van der Waals surface area contributed by atoms with E-state index in [-0.39, 0.29) is 31.8 Å². The van der Waals surface area contributed by atoms with Gasteiger partial charge < -0.3 is 14.6 Å². The average molecular weight is 333 g/mol. The van der Waals surface area contributed by atoms with Crippen molar-refractivity contribution in [2.24, 2.45) is 0 Å². The number of benzene rings is 1. The number of hydrogen-bond acceptors (Lipinski definition) is 5. The minimum Gasteiger partial charge on any atom is -0.494 e. The van der Waals surface area contributed by atoms with Crippen molar-refractivity contribution in [2.45, 2.75) is 23.3 Å². The molecule has 7 nitrogen and oxygen atoms in total. The number of ether oxygens (including phenoxy) is 2. The number of nitrogens with one attached hydrogen (secondary N) is 1. The summed E-state index contributed by atoms with van der Waals surface area (Å²) in [5.74, 6) is -2.62. The van der Waals surface area contributed by atoms with Crippen molar-refractivity contribution < 1.29 is 32.2 Å². The molecule has 2 N–H and O–H groups in total. The quantitative estimate of drug-likeness (QED) is 0.824. The van der Waals surface area contributed by atoms with Crippen molar-refractivity contribution in [1.29, 1.82) is 0 Å². The van der Waals surface area contributed by atoms with Gasteiger partial charge in [-0.25, -0.2) is 12.8 Å². The van der Waals surface area contributed by atoms with E-state index < -0.39 is 32.2 Å². The van der Waals surface area contributed by atoms with E-state index in [1.807, 2.05) is 0 Å². The van der Waals surface area contributed by atoms with Crippen molar-refractivity contribution in [3.8, 4) is 5.75 Å². The summed E-state index contributed by atoms with van der Waals surface area (Å²) in [5.41, 5.74) is -1.70. The lowest BCUT2D eigenvalue weighted by molar-refractivity contribution is -0.147. The minimum atomic E-state index is -4.37. The normalized spacial score (nSPS) is 17.9. The van der Waals surface area contributed by atoms with Crippen molar-refractivity contribution in [2.75, 3.05) is 20.3 Å². The summed E-state index contributed by atoms with van der Waals surface area (Å²) < 4.78 is 50.8. The van der Waals surface area contributed by atoms with E-state index in [0.717, 1.165) is 6.07 Å². The van der Waals surface area contributed by atoms with Gasteiger partial charge in [-0.3, -0.25) is 4.79 Å². The molecule has 2 rings (SSSR count). The van der Waals surface area contributed by atoms with Crippen LogP contribution >= 0.6 is 0 Å². The Balaban J connectivity index is 2.40. The molecule has 22 heavy (non-hydrogen) atoms. The molecule has 1 fully saturated rings. The van der Waals surface area contributed by atoms with Crippen LogP contribution in [0.5, 0.6) is 5.75 Å². The average Bonchev–Trinajstić information content (AvgIpc) is 2.47. The molecule has 122 valence electrons. The minimum absolute atomic E-state index is 0.0346. The molecule has 1 heterocycles. The van der Waals surface area contributed by atoms with Crippen LogP contribution in [0, 0.1) is 5.82 Å². The highest BCUT2D eigenvalue weighted by molar-refractivity contribution is 7.89. The lowest BCUT2D eigenvalue weighted by atomic mass is 9.92. The molecule has 0 spiro atoms. The first-order valence-corrected chi connectivity index (χ1v) is 7.98. The molecule has 0 bridgehead atoms. The SMILES string of the molecule is COc1cccc(S(=O)(=O)NC2(C(=O)O)CCOCC2)c1F. The van der Waals surface area contributed by atoms with Gasteiger partial charge in [0, 0.05) is 26.1 Å². The number of aliphatic carboxylic acids is 1. The molecule has 1 saturated heterocycles. The van der Waals surface area contributed by atoms with Gasteiger partial charge in [0.05, 0.1) is 7.11 Å². The van der Waals surface area contributed by atoms with Crippen LogP contribution in [0.1, 0.15) is 12.8 Å². The maximum atomic E-state index is 14.1. The van der Waals surface area contributed by atoms with E-state index in [9.17, 15) is 22.7 Å². The van der Waals surface area contributed by atoms with Gasteiger partial charge in [0.2, 0.25) is 10.0 Å². The molecule has 1 aliphatic heterocycles. The number of carboxylic acid groups (broad SMARTS) is 1. The van der Waals surface area contributed by atoms with Gasteiger partial charge in [-0.1, -0.05) is 6.07 Å². The van der Waals surface area contributed by atoms with Crippen LogP contribution in [-0.2, 0) is 19.6 Å². The Morgan fingerprint density at radius 2 is 2.05 bits per heavy atom. The highest BCUT2D eigenvalue weighted by atomic mass is 32.2. The van der Waals surface area contributed by atoms with Crippen molar-refractivity contribution in [1.82, 2.24) is 4.72 Å². The number of halogens is 1. The zero-order valence-electron chi connectivity index (χ0n) is 11.8. The number of carbonyl (C=O) groups is 1. The number of methoxy groups -OCH3 is 1. The molecule has 1 aliphatic rings. The van der Waals surface area contributed by atoms with Gasteiger partial charge in [-0.2, -0.15) is 4.72 Å². The van der Waals surface area contributed by atoms with Crippen LogP contribution in [0.4, 0.5) is 4.39 Å². The van der Waals surface area contributed by atoms with Crippen LogP contribution in [0.3, 0.4) is 0 Å². The van der Waals surface area contributed by atoms with Crippen LogP contribution in [0.15, 0.2) is 23.1 Å². The maximum Gasteiger partial charge on any atom is 0.325 e. The second-order valence-electron chi connectivity index (χ2n) is 4.88. The Hall–Kier alpha value is -1.71. The molecular formula is C13H16FNO6S. The van der Waals surface area contributed by atoms with E-state index >= 15 is 0 Å². The lowest BCUT2D eigenvalue weighted by Gasteiger charge is -2.33. The summed E-state index contributed by atoms with van der Waals surface area (Å²) in [5, 5.41) is 9.37. The summed E-state index contributed by atoms with van der Waals surface area (Å²) in [6, 6.07) is 3.64. The van der Waals surface area contributed by atoms with Crippen molar-refractivity contribution in [3.63, 3.8) is 0 Å². The molecule has 0 aliphatic carbocycles. The zero-order valence-corrected chi connectivity index (χ0v) is 12.7. The summed E-state index contributed by atoms with van der Waals surface area (Å²) in [6.45, 7) is 0.213. The summed E-state index contributed by atoms with van der Waals surface area (Å²) in [6.07, 6.45) is -0.0691. The maximum absolute atomic E-state index is 14.1. The molecule has 0 amide bonds. The summed E-state index contributed by atoms with van der Waals surface area (Å²) >= 11 is 0. The Morgan fingerprint density at radius 3 is 2.59 bits per heavy atom. The molecule has 0 saturated carbocycles. The molecule has 0 aromatic heterocycles. The Morgan fingerprint density at radius 1 is 1.41 bits per heavy atom. The number of sulfonamides is 1. The smallest absolute Gasteiger partial charge is 0.325 e. The topological polar surface area (TPSA) is 102 Å². The fourth-order valence-corrected chi connectivity index (χ4v) is 3.76.